The van der Waals surface area contributed by atoms with Crippen LogP contribution in [0.2, 0.25) is 5.02 Å². The van der Waals surface area contributed by atoms with Gasteiger partial charge in [0.2, 0.25) is 11.8 Å². The van der Waals surface area contributed by atoms with Crippen LogP contribution in [0.25, 0.3) is 21.8 Å². The van der Waals surface area contributed by atoms with E-state index in [0.29, 0.717) is 53.8 Å². The Kier molecular flexibility index (Phi) is 6.88. The van der Waals surface area contributed by atoms with Crippen molar-refractivity contribution in [3.63, 3.8) is 0 Å². The Morgan fingerprint density at radius 2 is 2.02 bits per heavy atom. The molecule has 5 heterocycles. The molecular weight excluding hydrogens is 539 g/mol. The maximum atomic E-state index is 14.6. The molecule has 1 N–H and O–H groups in total. The lowest BCUT2D eigenvalue weighted by Gasteiger charge is -2.35. The lowest BCUT2D eigenvalue weighted by Crippen LogP contribution is -2.48. The molecule has 3 aromatic heterocycles. The number of aromatic amines is 1. The number of carbonyl (C=O) groups is 1. The Labute approximate surface area is 234 Å². The first-order valence-corrected chi connectivity index (χ1v) is 13.4. The van der Waals surface area contributed by atoms with Gasteiger partial charge in [0.1, 0.15) is 28.3 Å². The molecule has 208 valence electrons. The molecule has 1 amide bonds. The number of piperazine rings is 1. The van der Waals surface area contributed by atoms with Gasteiger partial charge in [-0.3, -0.25) is 9.89 Å². The molecule has 2 unspecified atom stereocenters. The van der Waals surface area contributed by atoms with Crippen molar-refractivity contribution in [3.05, 3.63) is 48.0 Å². The van der Waals surface area contributed by atoms with Crippen LogP contribution in [0.4, 0.5) is 10.2 Å². The zero-order chi connectivity index (χ0) is 28.0. The number of fused-ring (bicyclic) bond motifs is 2. The third-order valence-electron chi connectivity index (χ3n) is 7.38. The number of anilines is 1. The van der Waals surface area contributed by atoms with E-state index in [0.717, 1.165) is 13.1 Å². The molecule has 0 saturated carbocycles. The van der Waals surface area contributed by atoms with Gasteiger partial charge in [-0.15, -0.1) is 0 Å². The monoisotopic (exact) mass is 566 g/mol. The molecule has 2 aliphatic heterocycles. The second-order valence-corrected chi connectivity index (χ2v) is 10.5. The maximum absolute atomic E-state index is 14.6. The average molecular weight is 567 g/mol. The number of likely N-dealkylation sites (N-methyl/N-ethyl adjacent to an activating group) is 1. The summed E-state index contributed by atoms with van der Waals surface area (Å²) >= 11 is 6.33. The van der Waals surface area contributed by atoms with E-state index in [4.69, 9.17) is 31.0 Å². The van der Waals surface area contributed by atoms with Gasteiger partial charge >= 0.3 is 6.01 Å². The Bertz CT molecular complexity index is 1610. The molecule has 2 saturated heterocycles. The number of nitrogens with one attached hydrogen (secondary N) is 1. The van der Waals surface area contributed by atoms with Gasteiger partial charge in [-0.2, -0.15) is 15.1 Å². The number of nitrogens with zero attached hydrogens (tertiary/aromatic N) is 7. The highest BCUT2D eigenvalue weighted by molar-refractivity contribution is 6.33. The van der Waals surface area contributed by atoms with Crippen molar-refractivity contribution in [2.75, 3.05) is 51.2 Å². The van der Waals surface area contributed by atoms with E-state index in [1.54, 1.807) is 17.2 Å². The van der Waals surface area contributed by atoms with Gasteiger partial charge in [-0.1, -0.05) is 25.1 Å². The van der Waals surface area contributed by atoms with Gasteiger partial charge in [-0.05, 0) is 19.2 Å². The summed E-state index contributed by atoms with van der Waals surface area (Å²) < 4.78 is 27.1. The lowest BCUT2D eigenvalue weighted by atomic mass is 10.1. The quantitative estimate of drug-likeness (QED) is 0.349. The SMILES string of the molecule is C=CC(=O)N1CCN(c2nc(OC3CN(C)CC3C)nc3c(Oc4c(Cl)c(F)cc5[nH]ncc45)nccc23)CC1. The van der Waals surface area contributed by atoms with Gasteiger partial charge in [0.25, 0.3) is 0 Å². The highest BCUT2D eigenvalue weighted by Crippen LogP contribution is 2.40. The van der Waals surface area contributed by atoms with Gasteiger partial charge in [0.15, 0.2) is 5.75 Å². The van der Waals surface area contributed by atoms with Crippen LogP contribution in [0.5, 0.6) is 17.6 Å². The fourth-order valence-electron chi connectivity index (χ4n) is 5.29. The lowest BCUT2D eigenvalue weighted by molar-refractivity contribution is -0.126. The average Bonchev–Trinajstić information content (AvgIpc) is 3.55. The summed E-state index contributed by atoms with van der Waals surface area (Å²) in [4.78, 5) is 32.1. The van der Waals surface area contributed by atoms with Crippen LogP contribution in [0.3, 0.4) is 0 Å². The number of amides is 1. The summed E-state index contributed by atoms with van der Waals surface area (Å²) in [6.45, 7) is 9.51. The fourth-order valence-corrected chi connectivity index (χ4v) is 5.49. The molecule has 0 radical (unpaired) electrons. The van der Waals surface area contributed by atoms with Crippen molar-refractivity contribution in [2.45, 2.75) is 13.0 Å². The molecule has 2 aliphatic rings. The Morgan fingerprint density at radius 1 is 1.23 bits per heavy atom. The minimum Gasteiger partial charge on any atom is -0.458 e. The third kappa shape index (κ3) is 4.77. The summed E-state index contributed by atoms with van der Waals surface area (Å²) in [5.74, 6) is 0.364. The van der Waals surface area contributed by atoms with Crippen LogP contribution in [0.1, 0.15) is 6.92 Å². The summed E-state index contributed by atoms with van der Waals surface area (Å²) in [7, 11) is 2.05. The molecule has 11 nitrogen and oxygen atoms in total. The Morgan fingerprint density at radius 3 is 2.75 bits per heavy atom. The van der Waals surface area contributed by atoms with Crippen LogP contribution in [-0.4, -0.2) is 93.3 Å². The first-order valence-electron chi connectivity index (χ1n) is 13.0. The minimum absolute atomic E-state index is 0.0793. The number of hydrogen-bond acceptors (Lipinski definition) is 9. The van der Waals surface area contributed by atoms with E-state index in [9.17, 15) is 9.18 Å². The second-order valence-electron chi connectivity index (χ2n) is 10.1. The van der Waals surface area contributed by atoms with E-state index in [1.807, 2.05) is 7.05 Å². The number of carbonyl (C=O) groups excluding carboxylic acids is 1. The number of hydrogen-bond donors (Lipinski definition) is 1. The van der Waals surface area contributed by atoms with Gasteiger partial charge in [0, 0.05) is 57.4 Å². The van der Waals surface area contributed by atoms with Crippen molar-refractivity contribution in [3.8, 4) is 17.6 Å². The van der Waals surface area contributed by atoms with Crippen LogP contribution in [0.15, 0.2) is 37.2 Å². The van der Waals surface area contributed by atoms with Crippen molar-refractivity contribution in [1.82, 2.24) is 34.9 Å². The highest BCUT2D eigenvalue weighted by Gasteiger charge is 2.31. The number of ether oxygens (including phenoxy) is 2. The largest absolute Gasteiger partial charge is 0.458 e. The van der Waals surface area contributed by atoms with E-state index in [-0.39, 0.29) is 40.6 Å². The van der Waals surface area contributed by atoms with Gasteiger partial charge in [-0.25, -0.2) is 9.37 Å². The van der Waals surface area contributed by atoms with E-state index >= 15 is 0 Å². The zero-order valence-corrected chi connectivity index (χ0v) is 22.9. The highest BCUT2D eigenvalue weighted by atomic mass is 35.5. The molecule has 13 heteroatoms. The fraction of sp³-hybridized carbons (Fsp3) is 0.370. The minimum atomic E-state index is -0.653. The molecule has 2 atom stereocenters. The number of rotatable bonds is 6. The van der Waals surface area contributed by atoms with E-state index in [2.05, 4.69) is 38.5 Å². The molecular formula is C27H28ClFN8O3. The number of aromatic nitrogens is 5. The van der Waals surface area contributed by atoms with Crippen molar-refractivity contribution in [1.29, 1.82) is 0 Å². The van der Waals surface area contributed by atoms with Gasteiger partial charge in [0.05, 0.1) is 22.5 Å². The van der Waals surface area contributed by atoms with Crippen LogP contribution >= 0.6 is 11.6 Å². The first-order chi connectivity index (χ1) is 19.3. The number of halogens is 2. The predicted molar refractivity (Wildman–Crippen MR) is 149 cm³/mol. The van der Waals surface area contributed by atoms with Crippen molar-refractivity contribution >= 4 is 45.1 Å². The smallest absolute Gasteiger partial charge is 0.319 e. The Hall–Kier alpha value is -4.03. The summed E-state index contributed by atoms with van der Waals surface area (Å²) in [5.41, 5.74) is 0.825. The van der Waals surface area contributed by atoms with E-state index in [1.165, 1.54) is 18.3 Å². The number of pyridine rings is 1. The molecule has 40 heavy (non-hydrogen) atoms. The molecule has 0 spiro atoms. The normalized spacial score (nSPS) is 19.9. The maximum Gasteiger partial charge on any atom is 0.319 e. The number of H-pyrrole nitrogens is 1. The Balaban J connectivity index is 1.43. The number of likely N-dealkylation sites (tertiary alicyclic amines) is 1. The topological polar surface area (TPSA) is 113 Å². The third-order valence-corrected chi connectivity index (χ3v) is 7.73. The molecule has 6 rings (SSSR count). The van der Waals surface area contributed by atoms with Crippen LogP contribution in [0, 0.1) is 11.7 Å². The second kappa shape index (κ2) is 10.5. The molecule has 0 aliphatic carbocycles. The van der Waals surface area contributed by atoms with Gasteiger partial charge < -0.3 is 24.2 Å². The predicted octanol–water partition coefficient (Wildman–Crippen LogP) is 3.65. The molecule has 1 aromatic carbocycles. The zero-order valence-electron chi connectivity index (χ0n) is 22.1. The van der Waals surface area contributed by atoms with Crippen LogP contribution in [-0.2, 0) is 4.79 Å². The summed E-state index contributed by atoms with van der Waals surface area (Å²) in [6, 6.07) is 3.25. The summed E-state index contributed by atoms with van der Waals surface area (Å²) in [6.07, 6.45) is 4.32. The molecule has 4 aromatic rings. The molecule has 2 fully saturated rings. The van der Waals surface area contributed by atoms with Crippen molar-refractivity contribution in [2.24, 2.45) is 5.92 Å². The standard InChI is InChI=1S/C27H28ClFN8O3/c1-4-21(38)36-7-9-37(10-8-36)25-16-5-6-30-26(40-24-17-12-31-34-19(17)11-18(29)22(24)28)23(16)32-27(33-25)39-20-14-35(3)13-15(20)2/h4-6,11-12,15,20H,1,7-10,13-14H2,2-3H3,(H,31,34). The van der Waals surface area contributed by atoms with Crippen LogP contribution < -0.4 is 14.4 Å². The summed E-state index contributed by atoms with van der Waals surface area (Å²) in [5, 5.41) is 7.71. The molecule has 0 bridgehead atoms. The number of benzene rings is 1. The van der Waals surface area contributed by atoms with E-state index < -0.39 is 5.82 Å². The first kappa shape index (κ1) is 26.2. The van der Waals surface area contributed by atoms with Crippen molar-refractivity contribution < 1.29 is 18.7 Å².